The number of hydrogen-bond donors (Lipinski definition) is 2. The third kappa shape index (κ3) is 2.87. The first kappa shape index (κ1) is 14.7. The van der Waals surface area contributed by atoms with Crippen molar-refractivity contribution in [3.05, 3.63) is 40.0 Å². The van der Waals surface area contributed by atoms with Gasteiger partial charge in [-0.1, -0.05) is 24.3 Å². The Bertz CT molecular complexity index is 834. The van der Waals surface area contributed by atoms with Crippen molar-refractivity contribution in [3.63, 3.8) is 0 Å². The highest BCUT2D eigenvalue weighted by atomic mass is 32.1. The molecule has 6 heteroatoms. The van der Waals surface area contributed by atoms with Crippen molar-refractivity contribution in [1.82, 2.24) is 15.2 Å². The molecule has 1 amide bonds. The molecule has 114 valence electrons. The molecule has 0 aliphatic heterocycles. The number of amides is 1. The van der Waals surface area contributed by atoms with Gasteiger partial charge in [-0.15, -0.1) is 10.2 Å². The maximum absolute atomic E-state index is 12.3. The van der Waals surface area contributed by atoms with Crippen molar-refractivity contribution < 1.29 is 4.79 Å². The summed E-state index contributed by atoms with van der Waals surface area (Å²) in [5.74, 6) is -0.188. The molecule has 0 bridgehead atoms. The van der Waals surface area contributed by atoms with Gasteiger partial charge in [0, 0.05) is 17.3 Å². The summed E-state index contributed by atoms with van der Waals surface area (Å²) in [6, 6.07) is 6.04. The second-order valence-electron chi connectivity index (χ2n) is 5.43. The molecule has 3 rings (SSSR count). The number of nitrogens with zero attached hydrogens (tertiary/aromatic N) is 2. The third-order valence-electron chi connectivity index (χ3n) is 3.49. The van der Waals surface area contributed by atoms with Gasteiger partial charge in [-0.25, -0.2) is 0 Å². The second kappa shape index (κ2) is 5.88. The number of aromatic amines is 1. The first-order valence-corrected chi connectivity index (χ1v) is 8.12. The molecule has 0 saturated carbocycles. The summed E-state index contributed by atoms with van der Waals surface area (Å²) in [6.45, 7) is 6.19. The number of carbonyl (C=O) groups excluding carboxylic acids is 1. The zero-order chi connectivity index (χ0) is 15.7. The van der Waals surface area contributed by atoms with Crippen LogP contribution in [0.2, 0.25) is 0 Å². The Balaban J connectivity index is 1.83. The molecular weight excluding hydrogens is 296 g/mol. The molecular formula is C16H18N4OS. The Morgan fingerprint density at radius 1 is 1.27 bits per heavy atom. The number of aryl methyl sites for hydroxylation is 3. The molecule has 0 fully saturated rings. The number of benzene rings is 1. The number of anilines is 1. The fraction of sp³-hybridized carbons (Fsp3) is 0.312. The minimum absolute atomic E-state index is 0.188. The lowest BCUT2D eigenvalue weighted by molar-refractivity contribution is 0.102. The van der Waals surface area contributed by atoms with E-state index in [0.29, 0.717) is 10.8 Å². The number of H-pyrrole nitrogens is 1. The van der Waals surface area contributed by atoms with Crippen molar-refractivity contribution in [2.24, 2.45) is 0 Å². The number of carbonyl (C=O) groups is 1. The Morgan fingerprint density at radius 3 is 2.86 bits per heavy atom. The summed E-state index contributed by atoms with van der Waals surface area (Å²) in [4.78, 5) is 15.5. The van der Waals surface area contributed by atoms with Crippen molar-refractivity contribution >= 4 is 33.3 Å². The summed E-state index contributed by atoms with van der Waals surface area (Å²) < 4.78 is 0. The molecule has 2 aromatic heterocycles. The lowest BCUT2D eigenvalue weighted by Crippen LogP contribution is -2.11. The average Bonchev–Trinajstić information content (AvgIpc) is 3.06. The summed E-state index contributed by atoms with van der Waals surface area (Å²) >= 11 is 1.42. The van der Waals surface area contributed by atoms with E-state index >= 15 is 0 Å². The molecule has 0 radical (unpaired) electrons. The summed E-state index contributed by atoms with van der Waals surface area (Å²) in [5, 5.41) is 13.4. The Kier molecular flexibility index (Phi) is 3.94. The Hall–Kier alpha value is -2.21. The zero-order valence-electron chi connectivity index (χ0n) is 12.9. The summed E-state index contributed by atoms with van der Waals surface area (Å²) in [6.07, 6.45) is 1.90. The first-order valence-electron chi connectivity index (χ1n) is 7.30. The molecule has 0 spiro atoms. The molecule has 0 saturated heterocycles. The molecule has 0 aliphatic carbocycles. The summed E-state index contributed by atoms with van der Waals surface area (Å²) in [7, 11) is 0. The lowest BCUT2D eigenvalue weighted by atomic mass is 10.1. The van der Waals surface area contributed by atoms with Crippen molar-refractivity contribution in [2.75, 3.05) is 5.32 Å². The molecule has 5 nitrogen and oxygen atoms in total. The van der Waals surface area contributed by atoms with E-state index in [2.05, 4.69) is 33.5 Å². The number of fused-ring (bicyclic) bond motifs is 1. The molecule has 0 unspecified atom stereocenters. The van der Waals surface area contributed by atoms with Crippen LogP contribution in [-0.2, 0) is 6.42 Å². The van der Waals surface area contributed by atoms with Gasteiger partial charge in [0.05, 0.1) is 0 Å². The molecule has 22 heavy (non-hydrogen) atoms. The first-order chi connectivity index (χ1) is 10.6. The van der Waals surface area contributed by atoms with Crippen LogP contribution in [0.4, 0.5) is 5.13 Å². The average molecular weight is 314 g/mol. The quantitative estimate of drug-likeness (QED) is 0.768. The maximum atomic E-state index is 12.3. The van der Waals surface area contributed by atoms with Gasteiger partial charge < -0.3 is 4.98 Å². The van der Waals surface area contributed by atoms with Crippen LogP contribution in [0.5, 0.6) is 0 Å². The summed E-state index contributed by atoms with van der Waals surface area (Å²) in [5.41, 5.74) is 3.85. The maximum Gasteiger partial charge on any atom is 0.273 e. The minimum atomic E-state index is -0.188. The Morgan fingerprint density at radius 2 is 2.09 bits per heavy atom. The standard InChI is InChI=1S/C16H18N4OS/c1-4-5-14-19-20-16(22-14)18-15(21)13-8-11-10(3)6-9(2)7-12(11)17-13/h6-8,17H,4-5H2,1-3H3,(H,18,20,21). The van der Waals surface area contributed by atoms with E-state index in [1.54, 1.807) is 0 Å². The molecule has 0 aliphatic rings. The third-order valence-corrected chi connectivity index (χ3v) is 4.38. The monoisotopic (exact) mass is 314 g/mol. The van der Waals surface area contributed by atoms with Gasteiger partial charge in [0.2, 0.25) is 5.13 Å². The van der Waals surface area contributed by atoms with Gasteiger partial charge in [0.25, 0.3) is 5.91 Å². The highest BCUT2D eigenvalue weighted by Crippen LogP contribution is 2.23. The van der Waals surface area contributed by atoms with Crippen LogP contribution >= 0.6 is 11.3 Å². The fourth-order valence-corrected chi connectivity index (χ4v) is 3.34. The van der Waals surface area contributed by atoms with Gasteiger partial charge in [0.15, 0.2) is 0 Å². The van der Waals surface area contributed by atoms with Crippen molar-refractivity contribution in [3.8, 4) is 0 Å². The SMILES string of the molecule is CCCc1nnc(NC(=O)c2cc3c(C)cc(C)cc3[nH]2)s1. The van der Waals surface area contributed by atoms with Crippen LogP contribution in [-0.4, -0.2) is 21.1 Å². The second-order valence-corrected chi connectivity index (χ2v) is 6.49. The fourth-order valence-electron chi connectivity index (χ4n) is 2.51. The number of nitrogens with one attached hydrogen (secondary N) is 2. The zero-order valence-corrected chi connectivity index (χ0v) is 13.7. The van der Waals surface area contributed by atoms with Crippen LogP contribution in [0.15, 0.2) is 18.2 Å². The molecule has 3 aromatic rings. The smallest absolute Gasteiger partial charge is 0.273 e. The van der Waals surface area contributed by atoms with Crippen LogP contribution < -0.4 is 5.32 Å². The van der Waals surface area contributed by atoms with E-state index < -0.39 is 0 Å². The predicted octanol–water partition coefficient (Wildman–Crippen LogP) is 3.84. The normalized spacial score (nSPS) is 11.0. The van der Waals surface area contributed by atoms with Crippen LogP contribution in [0.3, 0.4) is 0 Å². The molecule has 2 heterocycles. The highest BCUT2D eigenvalue weighted by Gasteiger charge is 2.13. The van der Waals surface area contributed by atoms with Gasteiger partial charge in [-0.2, -0.15) is 0 Å². The highest BCUT2D eigenvalue weighted by molar-refractivity contribution is 7.15. The van der Waals surface area contributed by atoms with E-state index in [1.165, 1.54) is 16.9 Å². The van der Waals surface area contributed by atoms with Gasteiger partial charge >= 0.3 is 0 Å². The number of hydrogen-bond acceptors (Lipinski definition) is 4. The molecule has 1 aromatic carbocycles. The largest absolute Gasteiger partial charge is 0.351 e. The van der Waals surface area contributed by atoms with E-state index in [9.17, 15) is 4.79 Å². The van der Waals surface area contributed by atoms with E-state index in [1.807, 2.05) is 26.0 Å². The molecule has 2 N–H and O–H groups in total. The van der Waals surface area contributed by atoms with E-state index in [-0.39, 0.29) is 5.91 Å². The van der Waals surface area contributed by atoms with Crippen LogP contribution in [0.1, 0.15) is 40.0 Å². The van der Waals surface area contributed by atoms with Crippen molar-refractivity contribution in [1.29, 1.82) is 0 Å². The van der Waals surface area contributed by atoms with Crippen molar-refractivity contribution in [2.45, 2.75) is 33.6 Å². The molecule has 0 atom stereocenters. The lowest BCUT2D eigenvalue weighted by Gasteiger charge is -1.97. The van der Waals surface area contributed by atoms with E-state index in [4.69, 9.17) is 0 Å². The van der Waals surface area contributed by atoms with Gasteiger partial charge in [-0.05, 0) is 43.5 Å². The van der Waals surface area contributed by atoms with E-state index in [0.717, 1.165) is 34.3 Å². The predicted molar refractivity (Wildman–Crippen MR) is 89.6 cm³/mol. The minimum Gasteiger partial charge on any atom is -0.351 e. The number of aromatic nitrogens is 3. The topological polar surface area (TPSA) is 70.7 Å². The Labute approximate surface area is 132 Å². The van der Waals surface area contributed by atoms with Gasteiger partial charge in [0.1, 0.15) is 10.7 Å². The van der Waals surface area contributed by atoms with Crippen LogP contribution in [0, 0.1) is 13.8 Å². The number of rotatable bonds is 4. The van der Waals surface area contributed by atoms with Gasteiger partial charge in [-0.3, -0.25) is 10.1 Å². The van der Waals surface area contributed by atoms with Crippen LogP contribution in [0.25, 0.3) is 10.9 Å².